The van der Waals surface area contributed by atoms with Crippen molar-refractivity contribution in [2.45, 2.75) is 17.9 Å². The first kappa shape index (κ1) is 18.1. The van der Waals surface area contributed by atoms with Crippen LogP contribution >= 0.6 is 11.8 Å². The van der Waals surface area contributed by atoms with Crippen molar-refractivity contribution < 1.29 is 9.53 Å². The van der Waals surface area contributed by atoms with Crippen molar-refractivity contribution in [3.63, 3.8) is 0 Å². The molecule has 0 aliphatic carbocycles. The molecule has 1 atom stereocenters. The van der Waals surface area contributed by atoms with Gasteiger partial charge in [0.2, 0.25) is 5.91 Å². The van der Waals surface area contributed by atoms with E-state index in [-0.39, 0.29) is 11.2 Å². The molecule has 1 amide bonds. The number of anilines is 1. The van der Waals surface area contributed by atoms with Gasteiger partial charge in [0.1, 0.15) is 5.75 Å². The van der Waals surface area contributed by atoms with Crippen LogP contribution in [0.15, 0.2) is 84.9 Å². The van der Waals surface area contributed by atoms with Crippen LogP contribution in [0.4, 0.5) is 5.69 Å². The lowest BCUT2D eigenvalue weighted by Crippen LogP contribution is -2.22. The van der Waals surface area contributed by atoms with Crippen LogP contribution in [0.5, 0.6) is 11.5 Å². The monoisotopic (exact) mass is 363 g/mol. The van der Waals surface area contributed by atoms with Crippen molar-refractivity contribution in [2.24, 2.45) is 0 Å². The quantitative estimate of drug-likeness (QED) is 0.582. The second kappa shape index (κ2) is 9.11. The summed E-state index contributed by atoms with van der Waals surface area (Å²) in [4.78, 5) is 12.6. The van der Waals surface area contributed by atoms with Gasteiger partial charge in [0, 0.05) is 5.75 Å². The predicted octanol–water partition coefficient (Wildman–Crippen LogP) is 5.74. The highest BCUT2D eigenvalue weighted by Crippen LogP contribution is 2.30. The minimum atomic E-state index is -0.167. The summed E-state index contributed by atoms with van der Waals surface area (Å²) < 4.78 is 5.90. The minimum absolute atomic E-state index is 0.0324. The number of rotatable bonds is 7. The Hall–Kier alpha value is -2.72. The molecule has 3 aromatic carbocycles. The maximum absolute atomic E-state index is 12.6. The lowest BCUT2D eigenvalue weighted by atomic mass is 10.2. The highest BCUT2D eigenvalue weighted by Gasteiger charge is 2.15. The summed E-state index contributed by atoms with van der Waals surface area (Å²) in [5.41, 5.74) is 1.89. The maximum Gasteiger partial charge on any atom is 0.237 e. The average Bonchev–Trinajstić information content (AvgIpc) is 2.69. The number of amides is 1. The van der Waals surface area contributed by atoms with Gasteiger partial charge in [-0.3, -0.25) is 4.79 Å². The van der Waals surface area contributed by atoms with Gasteiger partial charge in [0.05, 0.1) is 10.9 Å². The van der Waals surface area contributed by atoms with Crippen LogP contribution in [0, 0.1) is 0 Å². The van der Waals surface area contributed by atoms with Crippen LogP contribution in [-0.2, 0) is 10.5 Å². The van der Waals surface area contributed by atoms with Gasteiger partial charge in [-0.15, -0.1) is 11.8 Å². The first-order chi connectivity index (χ1) is 12.7. The molecular weight excluding hydrogens is 342 g/mol. The van der Waals surface area contributed by atoms with Crippen LogP contribution in [0.2, 0.25) is 0 Å². The van der Waals surface area contributed by atoms with Crippen molar-refractivity contribution in [3.8, 4) is 11.5 Å². The Labute approximate surface area is 158 Å². The number of carbonyl (C=O) groups excluding carboxylic acids is 1. The van der Waals surface area contributed by atoms with E-state index in [1.165, 1.54) is 5.56 Å². The number of nitrogens with one attached hydrogen (secondary N) is 1. The summed E-state index contributed by atoms with van der Waals surface area (Å²) in [6, 6.07) is 27.2. The smallest absolute Gasteiger partial charge is 0.237 e. The second-order valence-electron chi connectivity index (χ2n) is 5.84. The molecule has 0 radical (unpaired) electrons. The largest absolute Gasteiger partial charge is 0.455 e. The molecule has 0 aromatic heterocycles. The summed E-state index contributed by atoms with van der Waals surface area (Å²) in [6.45, 7) is 1.92. The van der Waals surface area contributed by atoms with E-state index in [0.717, 1.165) is 11.5 Å². The van der Waals surface area contributed by atoms with Gasteiger partial charge in [-0.25, -0.2) is 0 Å². The van der Waals surface area contributed by atoms with Crippen LogP contribution in [0.25, 0.3) is 0 Å². The van der Waals surface area contributed by atoms with E-state index in [1.54, 1.807) is 11.8 Å². The molecule has 3 aromatic rings. The van der Waals surface area contributed by atoms with Gasteiger partial charge < -0.3 is 10.1 Å². The second-order valence-corrected chi connectivity index (χ2v) is 7.17. The third-order valence-corrected chi connectivity index (χ3v) is 5.04. The number of hydrogen-bond donors (Lipinski definition) is 1. The van der Waals surface area contributed by atoms with Crippen molar-refractivity contribution in [3.05, 3.63) is 90.5 Å². The molecule has 0 saturated heterocycles. The van der Waals surface area contributed by atoms with E-state index in [0.29, 0.717) is 11.4 Å². The molecule has 3 nitrogen and oxygen atoms in total. The molecule has 0 fully saturated rings. The molecule has 4 heteroatoms. The molecular formula is C22H21NO2S. The fourth-order valence-electron chi connectivity index (χ4n) is 2.38. The van der Waals surface area contributed by atoms with Crippen molar-refractivity contribution >= 4 is 23.4 Å². The number of ether oxygens (including phenoxy) is 1. The van der Waals surface area contributed by atoms with E-state index in [9.17, 15) is 4.79 Å². The molecule has 0 spiro atoms. The van der Waals surface area contributed by atoms with E-state index in [1.807, 2.05) is 79.7 Å². The predicted molar refractivity (Wildman–Crippen MR) is 109 cm³/mol. The maximum atomic E-state index is 12.6. The molecule has 0 aliphatic rings. The highest BCUT2D eigenvalue weighted by molar-refractivity contribution is 7.99. The zero-order chi connectivity index (χ0) is 18.2. The molecule has 3 rings (SSSR count). The van der Waals surface area contributed by atoms with E-state index < -0.39 is 0 Å². The lowest BCUT2D eigenvalue weighted by molar-refractivity contribution is -0.115. The molecule has 0 saturated carbocycles. The summed E-state index contributed by atoms with van der Waals surface area (Å²) >= 11 is 1.61. The number of hydrogen-bond acceptors (Lipinski definition) is 3. The van der Waals surface area contributed by atoms with Crippen molar-refractivity contribution in [1.82, 2.24) is 0 Å². The lowest BCUT2D eigenvalue weighted by Gasteiger charge is -2.15. The van der Waals surface area contributed by atoms with E-state index in [4.69, 9.17) is 4.74 Å². The zero-order valence-corrected chi connectivity index (χ0v) is 15.4. The van der Waals surface area contributed by atoms with Gasteiger partial charge in [0.15, 0.2) is 5.75 Å². The van der Waals surface area contributed by atoms with Crippen LogP contribution in [-0.4, -0.2) is 11.2 Å². The summed E-state index contributed by atoms with van der Waals surface area (Å²) in [7, 11) is 0. The minimum Gasteiger partial charge on any atom is -0.455 e. The topological polar surface area (TPSA) is 38.3 Å². The molecule has 0 unspecified atom stereocenters. The SMILES string of the molecule is C[C@H](SCc1ccccc1)C(=O)Nc1ccccc1Oc1ccccc1. The van der Waals surface area contributed by atoms with Crippen molar-refractivity contribution in [2.75, 3.05) is 5.32 Å². The van der Waals surface area contributed by atoms with E-state index >= 15 is 0 Å². The fraction of sp³-hybridized carbons (Fsp3) is 0.136. The van der Waals surface area contributed by atoms with Gasteiger partial charge in [-0.1, -0.05) is 60.7 Å². The average molecular weight is 363 g/mol. The Morgan fingerprint density at radius 3 is 2.27 bits per heavy atom. The Bertz CT molecular complexity index is 837. The Kier molecular flexibility index (Phi) is 6.34. The Morgan fingerprint density at radius 1 is 0.923 bits per heavy atom. The Balaban J connectivity index is 1.62. The number of thioether (sulfide) groups is 1. The number of para-hydroxylation sites is 3. The summed E-state index contributed by atoms with van der Waals surface area (Å²) in [6.07, 6.45) is 0. The van der Waals surface area contributed by atoms with Gasteiger partial charge in [-0.2, -0.15) is 0 Å². The molecule has 0 bridgehead atoms. The summed E-state index contributed by atoms with van der Waals surface area (Å²) in [5, 5.41) is 2.82. The third-order valence-electron chi connectivity index (χ3n) is 3.83. The Morgan fingerprint density at radius 2 is 1.54 bits per heavy atom. The number of carbonyl (C=O) groups is 1. The standard InChI is InChI=1S/C22H21NO2S/c1-17(26-16-18-10-4-2-5-11-18)22(24)23-20-14-8-9-15-21(20)25-19-12-6-3-7-13-19/h2-15,17H,16H2,1H3,(H,23,24)/t17-/m0/s1. The van der Waals surface area contributed by atoms with Crippen molar-refractivity contribution in [1.29, 1.82) is 0 Å². The van der Waals surface area contributed by atoms with Gasteiger partial charge in [0.25, 0.3) is 0 Å². The zero-order valence-electron chi connectivity index (χ0n) is 14.6. The third kappa shape index (κ3) is 5.14. The van der Waals surface area contributed by atoms with Crippen LogP contribution in [0.3, 0.4) is 0 Å². The molecule has 132 valence electrons. The first-order valence-corrected chi connectivity index (χ1v) is 9.55. The number of benzene rings is 3. The normalized spacial score (nSPS) is 11.6. The van der Waals surface area contributed by atoms with Gasteiger partial charge in [-0.05, 0) is 36.8 Å². The first-order valence-electron chi connectivity index (χ1n) is 8.51. The molecule has 0 aliphatic heterocycles. The van der Waals surface area contributed by atoms with E-state index in [2.05, 4.69) is 17.4 Å². The van der Waals surface area contributed by atoms with Crippen LogP contribution < -0.4 is 10.1 Å². The summed E-state index contributed by atoms with van der Waals surface area (Å²) in [5.74, 6) is 2.14. The molecule has 0 heterocycles. The fourth-order valence-corrected chi connectivity index (χ4v) is 3.23. The molecule has 1 N–H and O–H groups in total. The van der Waals surface area contributed by atoms with Gasteiger partial charge >= 0.3 is 0 Å². The highest BCUT2D eigenvalue weighted by atomic mass is 32.2. The van der Waals surface area contributed by atoms with Crippen LogP contribution in [0.1, 0.15) is 12.5 Å². The molecule has 26 heavy (non-hydrogen) atoms.